The van der Waals surface area contributed by atoms with E-state index in [1.54, 1.807) is 7.05 Å². The van der Waals surface area contributed by atoms with Gasteiger partial charge in [-0.15, -0.1) is 0 Å². The van der Waals surface area contributed by atoms with Crippen molar-refractivity contribution in [1.29, 1.82) is 0 Å². The number of hydrogen-bond acceptors (Lipinski definition) is 5. The Morgan fingerprint density at radius 3 is 3.05 bits per heavy atom. The van der Waals surface area contributed by atoms with Crippen molar-refractivity contribution in [2.24, 2.45) is 0 Å². The third-order valence-electron chi connectivity index (χ3n) is 3.67. The van der Waals surface area contributed by atoms with Crippen molar-refractivity contribution in [2.45, 2.75) is 44.8 Å². The summed E-state index contributed by atoms with van der Waals surface area (Å²) in [6.07, 6.45) is 2.49. The van der Waals surface area contributed by atoms with E-state index in [4.69, 9.17) is 0 Å². The van der Waals surface area contributed by atoms with Gasteiger partial charge in [-0.25, -0.2) is 4.98 Å². The fraction of sp³-hybridized carbons (Fsp3) is 0.769. The average Bonchev–Trinajstić information content (AvgIpc) is 2.85. The van der Waals surface area contributed by atoms with Crippen LogP contribution in [-0.2, 0) is 17.8 Å². The van der Waals surface area contributed by atoms with Crippen LogP contribution < -0.4 is 5.32 Å². The molecule has 0 spiro atoms. The summed E-state index contributed by atoms with van der Waals surface area (Å²) in [6.45, 7) is 4.03. The summed E-state index contributed by atoms with van der Waals surface area (Å²) in [6, 6.07) is 0. The van der Waals surface area contributed by atoms with E-state index >= 15 is 0 Å². The Labute approximate surface area is 118 Å². The largest absolute Gasteiger partial charge is 0.388 e. The number of aromatic nitrogens is 3. The molecule has 2 heterocycles. The van der Waals surface area contributed by atoms with E-state index in [2.05, 4.69) is 25.4 Å². The van der Waals surface area contributed by atoms with Crippen molar-refractivity contribution >= 4 is 5.91 Å². The predicted molar refractivity (Wildman–Crippen MR) is 73.9 cm³/mol. The second-order valence-corrected chi connectivity index (χ2v) is 5.44. The normalized spacial score (nSPS) is 23.8. The van der Waals surface area contributed by atoms with Crippen LogP contribution in [0.2, 0.25) is 0 Å². The first kappa shape index (κ1) is 14.9. The van der Waals surface area contributed by atoms with Crippen molar-refractivity contribution < 1.29 is 9.90 Å². The summed E-state index contributed by atoms with van der Waals surface area (Å²) >= 11 is 0. The number of hydrogen-bond donors (Lipinski definition) is 3. The molecule has 1 aromatic heterocycles. The number of nitrogens with zero attached hydrogens (tertiary/aromatic N) is 3. The molecule has 20 heavy (non-hydrogen) atoms. The first-order valence-electron chi connectivity index (χ1n) is 7.10. The van der Waals surface area contributed by atoms with E-state index in [0.717, 1.165) is 31.0 Å². The summed E-state index contributed by atoms with van der Waals surface area (Å²) in [5, 5.41) is 20.1. The summed E-state index contributed by atoms with van der Waals surface area (Å²) in [7, 11) is 1.59. The molecule has 2 rings (SSSR count). The topological polar surface area (TPSA) is 94.1 Å². The highest BCUT2D eigenvalue weighted by Gasteiger charge is 2.35. The van der Waals surface area contributed by atoms with E-state index in [9.17, 15) is 9.90 Å². The van der Waals surface area contributed by atoms with Gasteiger partial charge in [0.15, 0.2) is 0 Å². The van der Waals surface area contributed by atoms with Crippen LogP contribution in [0, 0.1) is 0 Å². The van der Waals surface area contributed by atoms with Gasteiger partial charge in [0.25, 0.3) is 0 Å². The minimum Gasteiger partial charge on any atom is -0.388 e. The Kier molecular flexibility index (Phi) is 4.72. The number of amides is 1. The second-order valence-electron chi connectivity index (χ2n) is 5.44. The average molecular weight is 281 g/mol. The van der Waals surface area contributed by atoms with Crippen LogP contribution >= 0.6 is 0 Å². The maximum atomic E-state index is 11.5. The number of carbonyl (C=O) groups excluding carboxylic acids is 1. The zero-order valence-corrected chi connectivity index (χ0v) is 12.1. The molecule has 0 aliphatic carbocycles. The van der Waals surface area contributed by atoms with Gasteiger partial charge in [-0.3, -0.25) is 14.8 Å². The molecule has 1 aliphatic heterocycles. The minimum absolute atomic E-state index is 0.123. The number of aromatic amines is 1. The number of aliphatic hydroxyl groups is 1. The highest BCUT2D eigenvalue weighted by Crippen LogP contribution is 2.25. The Morgan fingerprint density at radius 1 is 1.60 bits per heavy atom. The maximum absolute atomic E-state index is 11.5. The lowest BCUT2D eigenvalue weighted by atomic mass is 9.89. The Bertz CT molecular complexity index is 461. The van der Waals surface area contributed by atoms with Crippen LogP contribution in [-0.4, -0.2) is 56.8 Å². The molecule has 0 radical (unpaired) electrons. The van der Waals surface area contributed by atoms with Crippen molar-refractivity contribution in [3.8, 4) is 0 Å². The maximum Gasteiger partial charge on any atom is 0.222 e. The van der Waals surface area contributed by atoms with Gasteiger partial charge in [0.05, 0.1) is 18.6 Å². The first-order chi connectivity index (χ1) is 9.54. The van der Waals surface area contributed by atoms with E-state index in [-0.39, 0.29) is 12.3 Å². The quantitative estimate of drug-likeness (QED) is 0.696. The number of aryl methyl sites for hydroxylation is 1. The van der Waals surface area contributed by atoms with Gasteiger partial charge in [0, 0.05) is 20.0 Å². The second kappa shape index (κ2) is 6.32. The lowest BCUT2D eigenvalue weighted by molar-refractivity contribution is -0.128. The highest BCUT2D eigenvalue weighted by atomic mass is 16.3. The smallest absolute Gasteiger partial charge is 0.222 e. The van der Waals surface area contributed by atoms with Gasteiger partial charge in [0.2, 0.25) is 5.91 Å². The summed E-state index contributed by atoms with van der Waals surface area (Å²) in [4.78, 5) is 18.0. The number of carbonyl (C=O) groups is 1. The zero-order chi connectivity index (χ0) is 14.6. The Morgan fingerprint density at radius 2 is 2.40 bits per heavy atom. The SMILES string of the molecule is CCc1n[nH]c(CN2CCCC(O)(CC(=O)NC)C2)n1. The summed E-state index contributed by atoms with van der Waals surface area (Å²) in [5.41, 5.74) is -0.939. The van der Waals surface area contributed by atoms with Crippen molar-refractivity contribution in [2.75, 3.05) is 20.1 Å². The van der Waals surface area contributed by atoms with Crippen LogP contribution in [0.3, 0.4) is 0 Å². The van der Waals surface area contributed by atoms with Gasteiger partial charge < -0.3 is 10.4 Å². The minimum atomic E-state index is -0.939. The van der Waals surface area contributed by atoms with Crippen molar-refractivity contribution in [3.05, 3.63) is 11.6 Å². The van der Waals surface area contributed by atoms with Crippen LogP contribution in [0.15, 0.2) is 0 Å². The van der Waals surface area contributed by atoms with Gasteiger partial charge in [-0.1, -0.05) is 6.92 Å². The van der Waals surface area contributed by atoms with Crippen LogP contribution in [0.4, 0.5) is 0 Å². The number of β-amino-alcohol motifs (C(OH)–C–C–N with tert-alkyl or cyclic N) is 1. The van der Waals surface area contributed by atoms with Crippen LogP contribution in [0.1, 0.15) is 37.8 Å². The third-order valence-corrected chi connectivity index (χ3v) is 3.67. The Balaban J connectivity index is 1.94. The van der Waals surface area contributed by atoms with Gasteiger partial charge in [-0.05, 0) is 19.4 Å². The van der Waals surface area contributed by atoms with Crippen LogP contribution in [0.25, 0.3) is 0 Å². The molecule has 0 aromatic carbocycles. The summed E-state index contributed by atoms with van der Waals surface area (Å²) < 4.78 is 0. The number of piperidine rings is 1. The molecule has 7 nitrogen and oxygen atoms in total. The highest BCUT2D eigenvalue weighted by molar-refractivity contribution is 5.76. The molecule has 1 atom stereocenters. The number of likely N-dealkylation sites (tertiary alicyclic amines) is 1. The molecule has 1 amide bonds. The Hall–Kier alpha value is -1.47. The van der Waals surface area contributed by atoms with Gasteiger partial charge in [-0.2, -0.15) is 5.10 Å². The van der Waals surface area contributed by atoms with E-state index < -0.39 is 5.60 Å². The molecule has 1 aromatic rings. The lowest BCUT2D eigenvalue weighted by Crippen LogP contribution is -2.50. The number of H-pyrrole nitrogens is 1. The van der Waals surface area contributed by atoms with Crippen molar-refractivity contribution in [3.63, 3.8) is 0 Å². The van der Waals surface area contributed by atoms with E-state index in [1.807, 2.05) is 6.92 Å². The molecule has 1 unspecified atom stereocenters. The fourth-order valence-electron chi connectivity index (χ4n) is 2.65. The molecule has 3 N–H and O–H groups in total. The molecular weight excluding hydrogens is 258 g/mol. The summed E-state index contributed by atoms with van der Waals surface area (Å²) in [5.74, 6) is 1.49. The molecule has 7 heteroatoms. The molecule has 0 saturated carbocycles. The number of nitrogens with one attached hydrogen (secondary N) is 2. The molecule has 112 valence electrons. The fourth-order valence-corrected chi connectivity index (χ4v) is 2.65. The van der Waals surface area contributed by atoms with E-state index in [1.165, 1.54) is 0 Å². The van der Waals surface area contributed by atoms with Crippen LogP contribution in [0.5, 0.6) is 0 Å². The zero-order valence-electron chi connectivity index (χ0n) is 12.1. The molecular formula is C13H23N5O2. The molecule has 1 saturated heterocycles. The van der Waals surface area contributed by atoms with Gasteiger partial charge >= 0.3 is 0 Å². The molecule has 1 aliphatic rings. The first-order valence-corrected chi connectivity index (χ1v) is 7.10. The number of rotatable bonds is 5. The standard InChI is InChI=1S/C13H23N5O2/c1-3-10-15-11(17-16-10)8-18-6-4-5-13(20,9-18)7-12(19)14-2/h20H,3-9H2,1-2H3,(H,14,19)(H,15,16,17). The van der Waals surface area contributed by atoms with Crippen molar-refractivity contribution in [1.82, 2.24) is 25.4 Å². The monoisotopic (exact) mass is 281 g/mol. The third kappa shape index (κ3) is 3.77. The predicted octanol–water partition coefficient (Wildman–Crippen LogP) is -0.170. The van der Waals surface area contributed by atoms with E-state index in [0.29, 0.717) is 19.5 Å². The molecule has 1 fully saturated rings. The lowest BCUT2D eigenvalue weighted by Gasteiger charge is -2.38. The molecule has 0 bridgehead atoms. The van der Waals surface area contributed by atoms with Gasteiger partial charge in [0.1, 0.15) is 11.6 Å².